The molecule has 0 N–H and O–H groups in total. The fourth-order valence-electron chi connectivity index (χ4n) is 3.30. The molecule has 2 rings (SSSR count). The summed E-state index contributed by atoms with van der Waals surface area (Å²) in [5.41, 5.74) is 4.78. The van der Waals surface area contributed by atoms with Crippen LogP contribution in [-0.2, 0) is 0 Å². The summed E-state index contributed by atoms with van der Waals surface area (Å²) in [4.78, 5) is 0. The highest BCUT2D eigenvalue weighted by Gasteiger charge is 2.27. The van der Waals surface area contributed by atoms with Crippen LogP contribution in [0, 0.1) is 5.92 Å². The van der Waals surface area contributed by atoms with Gasteiger partial charge in [0, 0.05) is 0 Å². The maximum absolute atomic E-state index is 2.49. The van der Waals surface area contributed by atoms with Gasteiger partial charge in [0.25, 0.3) is 0 Å². The molecular weight excluding hydrogens is 232 g/mol. The van der Waals surface area contributed by atoms with Crippen LogP contribution in [0.15, 0.2) is 46.2 Å². The lowest BCUT2D eigenvalue weighted by Crippen LogP contribution is -2.11. The van der Waals surface area contributed by atoms with Crippen molar-refractivity contribution in [3.05, 3.63) is 46.2 Å². The SMILES string of the molecule is CCCCC1CC=CC=C2C1=CC(C)=C2[SiH](C)C. The van der Waals surface area contributed by atoms with Crippen LogP contribution in [0.3, 0.4) is 0 Å². The zero-order valence-corrected chi connectivity index (χ0v) is 13.4. The molecule has 0 aliphatic heterocycles. The van der Waals surface area contributed by atoms with Gasteiger partial charge in [-0.25, -0.2) is 0 Å². The molecule has 2 aliphatic carbocycles. The van der Waals surface area contributed by atoms with Crippen molar-refractivity contribution in [2.75, 3.05) is 0 Å². The smallest absolute Gasteiger partial charge is 0.0658 e. The van der Waals surface area contributed by atoms with Crippen LogP contribution < -0.4 is 0 Å². The van der Waals surface area contributed by atoms with E-state index in [0.29, 0.717) is 0 Å². The van der Waals surface area contributed by atoms with Crippen molar-refractivity contribution in [1.82, 2.24) is 0 Å². The van der Waals surface area contributed by atoms with Gasteiger partial charge in [0.05, 0.1) is 8.80 Å². The van der Waals surface area contributed by atoms with Crippen molar-refractivity contribution >= 4 is 8.80 Å². The van der Waals surface area contributed by atoms with E-state index in [1.54, 1.807) is 21.9 Å². The molecule has 0 heterocycles. The lowest BCUT2D eigenvalue weighted by atomic mass is 9.88. The van der Waals surface area contributed by atoms with Gasteiger partial charge in [-0.15, -0.1) is 0 Å². The first-order valence-corrected chi connectivity index (χ1v) is 10.3. The van der Waals surface area contributed by atoms with Crippen molar-refractivity contribution in [2.24, 2.45) is 5.92 Å². The Morgan fingerprint density at radius 2 is 2.11 bits per heavy atom. The van der Waals surface area contributed by atoms with Crippen LogP contribution in [0.4, 0.5) is 0 Å². The molecule has 0 fully saturated rings. The minimum atomic E-state index is -0.724. The van der Waals surface area contributed by atoms with Crippen LogP contribution in [-0.4, -0.2) is 8.80 Å². The maximum atomic E-state index is 2.49. The Kier molecular flexibility index (Phi) is 4.44. The maximum Gasteiger partial charge on any atom is 0.0658 e. The standard InChI is InChI=1S/C17H26Si/c1-5-6-9-14-10-7-8-11-15-16(14)12-13(2)17(15)18(3)4/h7-8,11-12,14,18H,5-6,9-10H2,1-4H3. The van der Waals surface area contributed by atoms with Crippen molar-refractivity contribution in [1.29, 1.82) is 0 Å². The zero-order chi connectivity index (χ0) is 13.1. The zero-order valence-electron chi connectivity index (χ0n) is 12.3. The average Bonchev–Trinajstić information content (AvgIpc) is 2.53. The molecule has 1 heteroatoms. The van der Waals surface area contributed by atoms with E-state index < -0.39 is 8.80 Å². The van der Waals surface area contributed by atoms with Gasteiger partial charge in [-0.05, 0) is 36.8 Å². The van der Waals surface area contributed by atoms with Crippen LogP contribution in [0.1, 0.15) is 39.5 Å². The molecule has 0 amide bonds. The molecule has 0 bridgehead atoms. The predicted molar refractivity (Wildman–Crippen MR) is 84.5 cm³/mol. The summed E-state index contributed by atoms with van der Waals surface area (Å²) in [5.74, 6) is 0.759. The highest BCUT2D eigenvalue weighted by atomic mass is 28.3. The topological polar surface area (TPSA) is 0 Å². The summed E-state index contributed by atoms with van der Waals surface area (Å²) in [7, 11) is -0.724. The second-order valence-electron chi connectivity index (χ2n) is 5.93. The van der Waals surface area contributed by atoms with Gasteiger partial charge < -0.3 is 0 Å². The quantitative estimate of drug-likeness (QED) is 0.625. The van der Waals surface area contributed by atoms with Crippen molar-refractivity contribution in [3.63, 3.8) is 0 Å². The van der Waals surface area contributed by atoms with Gasteiger partial charge in [-0.3, -0.25) is 0 Å². The summed E-state index contributed by atoms with van der Waals surface area (Å²) >= 11 is 0. The summed E-state index contributed by atoms with van der Waals surface area (Å²) in [6.45, 7) is 9.51. The van der Waals surface area contributed by atoms with Gasteiger partial charge in [0.15, 0.2) is 0 Å². The molecule has 1 atom stereocenters. The Hall–Kier alpha value is -0.823. The molecule has 0 nitrogen and oxygen atoms in total. The van der Waals surface area contributed by atoms with Crippen LogP contribution in [0.2, 0.25) is 13.1 Å². The normalized spacial score (nSPS) is 23.1. The molecule has 18 heavy (non-hydrogen) atoms. The molecule has 0 spiro atoms. The fourth-order valence-corrected chi connectivity index (χ4v) is 5.18. The summed E-state index contributed by atoms with van der Waals surface area (Å²) < 4.78 is 0. The summed E-state index contributed by atoms with van der Waals surface area (Å²) in [6.07, 6.45) is 14.8. The van der Waals surface area contributed by atoms with E-state index in [0.717, 1.165) is 5.92 Å². The third-order valence-corrected chi connectivity index (χ3v) is 6.06. The lowest BCUT2D eigenvalue weighted by Gasteiger charge is -2.19. The van der Waals surface area contributed by atoms with Gasteiger partial charge in [-0.2, -0.15) is 0 Å². The van der Waals surface area contributed by atoms with Gasteiger partial charge in [-0.1, -0.05) is 67.9 Å². The van der Waals surface area contributed by atoms with Crippen LogP contribution in [0.5, 0.6) is 0 Å². The molecule has 0 aromatic carbocycles. The highest BCUT2D eigenvalue weighted by Crippen LogP contribution is 2.41. The highest BCUT2D eigenvalue weighted by molar-refractivity contribution is 6.65. The second-order valence-corrected chi connectivity index (χ2v) is 8.82. The van der Waals surface area contributed by atoms with Crippen LogP contribution >= 0.6 is 0 Å². The molecule has 98 valence electrons. The summed E-state index contributed by atoms with van der Waals surface area (Å²) in [6, 6.07) is 0. The van der Waals surface area contributed by atoms with Gasteiger partial charge >= 0.3 is 0 Å². The van der Waals surface area contributed by atoms with E-state index in [9.17, 15) is 0 Å². The molecule has 0 saturated carbocycles. The predicted octanol–water partition coefficient (Wildman–Crippen LogP) is 4.96. The molecular formula is C17H26Si. The Labute approximate surface area is 114 Å². The van der Waals surface area contributed by atoms with Crippen molar-refractivity contribution in [3.8, 4) is 0 Å². The van der Waals surface area contributed by atoms with Gasteiger partial charge in [0.1, 0.15) is 0 Å². The third-order valence-electron chi connectivity index (χ3n) is 4.14. The van der Waals surface area contributed by atoms with E-state index in [2.05, 4.69) is 51.2 Å². The number of hydrogen-bond acceptors (Lipinski definition) is 0. The first-order chi connectivity index (χ1) is 8.65. The number of allylic oxidation sites excluding steroid dienone is 8. The Balaban J connectivity index is 2.28. The van der Waals surface area contributed by atoms with E-state index >= 15 is 0 Å². The first-order valence-electron chi connectivity index (χ1n) is 7.45. The summed E-state index contributed by atoms with van der Waals surface area (Å²) in [5, 5.41) is 1.71. The number of hydrogen-bond donors (Lipinski definition) is 0. The lowest BCUT2D eigenvalue weighted by molar-refractivity contribution is 0.543. The Bertz CT molecular complexity index is 433. The van der Waals surface area contributed by atoms with Gasteiger partial charge in [0.2, 0.25) is 0 Å². The van der Waals surface area contributed by atoms with Crippen LogP contribution in [0.25, 0.3) is 0 Å². The minimum Gasteiger partial charge on any atom is -0.0839 e. The average molecular weight is 258 g/mol. The second kappa shape index (κ2) is 5.88. The molecule has 0 radical (unpaired) electrons. The number of rotatable bonds is 4. The largest absolute Gasteiger partial charge is 0.0839 e. The molecule has 0 aromatic rings. The van der Waals surface area contributed by atoms with Crippen molar-refractivity contribution < 1.29 is 0 Å². The minimum absolute atomic E-state index is 0.724. The Morgan fingerprint density at radius 1 is 1.33 bits per heavy atom. The van der Waals surface area contributed by atoms with E-state index in [1.165, 1.54) is 25.7 Å². The van der Waals surface area contributed by atoms with Crippen molar-refractivity contribution in [2.45, 2.75) is 52.6 Å². The number of fused-ring (bicyclic) bond motifs is 1. The molecule has 0 aromatic heterocycles. The number of unbranched alkanes of at least 4 members (excludes halogenated alkanes) is 1. The van der Waals surface area contributed by atoms with E-state index in [1.807, 2.05) is 0 Å². The Morgan fingerprint density at radius 3 is 2.78 bits per heavy atom. The first kappa shape index (κ1) is 13.6. The molecule has 0 saturated heterocycles. The third kappa shape index (κ3) is 2.61. The van der Waals surface area contributed by atoms with E-state index in [-0.39, 0.29) is 0 Å². The van der Waals surface area contributed by atoms with E-state index in [4.69, 9.17) is 0 Å². The fraction of sp³-hybridized carbons (Fsp3) is 0.529. The molecule has 1 unspecified atom stereocenters. The monoisotopic (exact) mass is 258 g/mol. The molecule has 2 aliphatic rings.